The fourth-order valence-corrected chi connectivity index (χ4v) is 2.36. The number of fused-ring (bicyclic) bond motifs is 1. The van der Waals surface area contributed by atoms with Gasteiger partial charge in [0.25, 0.3) is 0 Å². The molecule has 1 amide bonds. The summed E-state index contributed by atoms with van der Waals surface area (Å²) >= 11 is 0. The molecule has 5 heteroatoms. The third kappa shape index (κ3) is 2.41. The molecule has 1 saturated heterocycles. The highest BCUT2D eigenvalue weighted by Gasteiger charge is 2.25. The van der Waals surface area contributed by atoms with Crippen LogP contribution in [0.1, 0.15) is 24.6 Å². The summed E-state index contributed by atoms with van der Waals surface area (Å²) in [6, 6.07) is 5.22. The van der Waals surface area contributed by atoms with Gasteiger partial charge < -0.3 is 15.0 Å². The molecule has 1 atom stereocenters. The number of halogens is 1. The number of rotatable bonds is 4. The van der Waals surface area contributed by atoms with E-state index in [1.54, 1.807) is 0 Å². The molecule has 1 fully saturated rings. The van der Waals surface area contributed by atoms with E-state index in [2.05, 4.69) is 10.3 Å². The number of aromatic nitrogens is 1. The van der Waals surface area contributed by atoms with Gasteiger partial charge in [-0.25, -0.2) is 4.39 Å². The third-order valence-corrected chi connectivity index (χ3v) is 3.67. The van der Waals surface area contributed by atoms with Crippen molar-refractivity contribution < 1.29 is 13.9 Å². The van der Waals surface area contributed by atoms with E-state index in [0.717, 1.165) is 23.0 Å². The largest absolute Gasteiger partial charge is 0.368 e. The molecule has 4 nitrogen and oxygen atoms in total. The Labute approximate surface area is 116 Å². The van der Waals surface area contributed by atoms with Gasteiger partial charge in [-0.15, -0.1) is 0 Å². The second-order valence-corrected chi connectivity index (χ2v) is 5.04. The number of amides is 1. The maximum absolute atomic E-state index is 13.7. The normalized spacial score (nSPS) is 18.0. The number of hydrogen-bond acceptors (Lipinski definition) is 2. The molecule has 20 heavy (non-hydrogen) atoms. The van der Waals surface area contributed by atoms with Gasteiger partial charge in [-0.1, -0.05) is 6.92 Å². The molecule has 2 heterocycles. The fourth-order valence-electron chi connectivity index (χ4n) is 2.36. The zero-order chi connectivity index (χ0) is 14.1. The second-order valence-electron chi connectivity index (χ2n) is 5.04. The molecule has 1 aliphatic rings. The van der Waals surface area contributed by atoms with E-state index in [0.29, 0.717) is 25.1 Å². The maximum atomic E-state index is 13.7. The minimum Gasteiger partial charge on any atom is -0.368 e. The van der Waals surface area contributed by atoms with Crippen molar-refractivity contribution in [3.63, 3.8) is 0 Å². The molecule has 2 aromatic rings. The lowest BCUT2D eigenvalue weighted by Crippen LogP contribution is -2.42. The Kier molecular flexibility index (Phi) is 3.44. The van der Waals surface area contributed by atoms with Crippen LogP contribution in [0.5, 0.6) is 0 Å². The summed E-state index contributed by atoms with van der Waals surface area (Å²) in [5, 5.41) is 3.64. The minimum atomic E-state index is -0.302. The van der Waals surface area contributed by atoms with Crippen LogP contribution in [0.25, 0.3) is 10.9 Å². The van der Waals surface area contributed by atoms with Crippen LogP contribution >= 0.6 is 0 Å². The number of benzene rings is 1. The SMILES string of the molecule is CCc1cc2[nH]c(CNC(=O)C3CCO3)cc2cc1F. The molecular formula is C15H17FN2O2. The van der Waals surface area contributed by atoms with Gasteiger partial charge in [0.15, 0.2) is 0 Å². The van der Waals surface area contributed by atoms with Crippen molar-refractivity contribution >= 4 is 16.8 Å². The highest BCUT2D eigenvalue weighted by molar-refractivity contribution is 5.83. The summed E-state index contributed by atoms with van der Waals surface area (Å²) < 4.78 is 18.8. The molecule has 0 radical (unpaired) electrons. The molecule has 106 valence electrons. The lowest BCUT2D eigenvalue weighted by atomic mass is 10.1. The highest BCUT2D eigenvalue weighted by atomic mass is 19.1. The first-order valence-corrected chi connectivity index (χ1v) is 6.86. The smallest absolute Gasteiger partial charge is 0.249 e. The summed E-state index contributed by atoms with van der Waals surface area (Å²) in [4.78, 5) is 14.9. The van der Waals surface area contributed by atoms with Crippen molar-refractivity contribution in [2.45, 2.75) is 32.4 Å². The van der Waals surface area contributed by atoms with E-state index in [9.17, 15) is 9.18 Å². The van der Waals surface area contributed by atoms with E-state index >= 15 is 0 Å². The molecule has 0 saturated carbocycles. The average Bonchev–Trinajstić information content (AvgIpc) is 2.75. The monoisotopic (exact) mass is 276 g/mol. The van der Waals surface area contributed by atoms with Crippen LogP contribution < -0.4 is 5.32 Å². The van der Waals surface area contributed by atoms with E-state index in [1.807, 2.05) is 19.1 Å². The van der Waals surface area contributed by atoms with Crippen LogP contribution in [0.3, 0.4) is 0 Å². The van der Waals surface area contributed by atoms with E-state index < -0.39 is 0 Å². The number of carbonyl (C=O) groups is 1. The first-order chi connectivity index (χ1) is 9.67. The number of aryl methyl sites for hydroxylation is 1. The van der Waals surface area contributed by atoms with E-state index in [1.165, 1.54) is 6.07 Å². The van der Waals surface area contributed by atoms with Gasteiger partial charge >= 0.3 is 0 Å². The number of carbonyl (C=O) groups excluding carboxylic acids is 1. The van der Waals surface area contributed by atoms with Crippen molar-refractivity contribution in [3.05, 3.63) is 35.3 Å². The second kappa shape index (κ2) is 5.25. The minimum absolute atomic E-state index is 0.0877. The van der Waals surface area contributed by atoms with Crippen LogP contribution in [0, 0.1) is 5.82 Å². The number of hydrogen-bond donors (Lipinski definition) is 2. The van der Waals surface area contributed by atoms with Crippen LogP contribution in [-0.4, -0.2) is 23.6 Å². The Balaban J connectivity index is 1.73. The lowest BCUT2D eigenvalue weighted by molar-refractivity contribution is -0.145. The predicted molar refractivity (Wildman–Crippen MR) is 73.8 cm³/mol. The van der Waals surface area contributed by atoms with Crippen molar-refractivity contribution in [2.75, 3.05) is 6.61 Å². The molecule has 0 spiro atoms. The molecule has 3 rings (SSSR count). The van der Waals surface area contributed by atoms with Crippen LogP contribution in [0.2, 0.25) is 0 Å². The molecule has 0 bridgehead atoms. The van der Waals surface area contributed by atoms with Gasteiger partial charge in [-0.2, -0.15) is 0 Å². The molecule has 1 aliphatic heterocycles. The standard InChI is InChI=1S/C15H17FN2O2/c1-2-9-7-13-10(6-12(9)16)5-11(18-13)8-17-15(19)14-3-4-20-14/h5-7,14,18H,2-4,8H2,1H3,(H,17,19). The van der Waals surface area contributed by atoms with Gasteiger partial charge in [0, 0.05) is 23.0 Å². The van der Waals surface area contributed by atoms with Gasteiger partial charge in [0.1, 0.15) is 11.9 Å². The molecule has 1 unspecified atom stereocenters. The van der Waals surface area contributed by atoms with Gasteiger partial charge in [0.2, 0.25) is 5.91 Å². The van der Waals surface area contributed by atoms with Gasteiger partial charge in [-0.3, -0.25) is 4.79 Å². The van der Waals surface area contributed by atoms with Crippen molar-refractivity contribution in [1.82, 2.24) is 10.3 Å². The van der Waals surface area contributed by atoms with Crippen LogP contribution in [0.15, 0.2) is 18.2 Å². The highest BCUT2D eigenvalue weighted by Crippen LogP contribution is 2.20. The molecule has 2 N–H and O–H groups in total. The molecule has 0 aliphatic carbocycles. The van der Waals surface area contributed by atoms with Gasteiger partial charge in [0.05, 0.1) is 13.2 Å². The predicted octanol–water partition coefficient (Wildman–Crippen LogP) is 2.27. The Morgan fingerprint density at radius 1 is 1.50 bits per heavy atom. The first kappa shape index (κ1) is 13.1. The van der Waals surface area contributed by atoms with Crippen molar-refractivity contribution in [1.29, 1.82) is 0 Å². The lowest BCUT2D eigenvalue weighted by Gasteiger charge is -2.24. The van der Waals surface area contributed by atoms with E-state index in [-0.39, 0.29) is 17.8 Å². The quantitative estimate of drug-likeness (QED) is 0.900. The summed E-state index contributed by atoms with van der Waals surface area (Å²) in [6.07, 6.45) is 1.14. The topological polar surface area (TPSA) is 54.1 Å². The zero-order valence-electron chi connectivity index (χ0n) is 11.3. The summed E-state index contributed by atoms with van der Waals surface area (Å²) in [7, 11) is 0. The fraction of sp³-hybridized carbons (Fsp3) is 0.400. The Morgan fingerprint density at radius 2 is 2.30 bits per heavy atom. The number of ether oxygens (including phenoxy) is 1. The number of nitrogens with one attached hydrogen (secondary N) is 2. The molecular weight excluding hydrogens is 259 g/mol. The Morgan fingerprint density at radius 3 is 2.95 bits per heavy atom. The number of aromatic amines is 1. The summed E-state index contributed by atoms with van der Waals surface area (Å²) in [6.45, 7) is 2.98. The first-order valence-electron chi connectivity index (χ1n) is 6.86. The van der Waals surface area contributed by atoms with E-state index in [4.69, 9.17) is 4.74 Å². The maximum Gasteiger partial charge on any atom is 0.249 e. The zero-order valence-corrected chi connectivity index (χ0v) is 11.3. The summed E-state index contributed by atoms with van der Waals surface area (Å²) in [5.74, 6) is -0.271. The summed E-state index contributed by atoms with van der Waals surface area (Å²) in [5.41, 5.74) is 2.45. The average molecular weight is 276 g/mol. The third-order valence-electron chi connectivity index (χ3n) is 3.67. The van der Waals surface area contributed by atoms with Crippen molar-refractivity contribution in [2.24, 2.45) is 0 Å². The van der Waals surface area contributed by atoms with Gasteiger partial charge in [-0.05, 0) is 30.2 Å². The molecule has 1 aromatic carbocycles. The molecule has 1 aromatic heterocycles. The number of H-pyrrole nitrogens is 1. The van der Waals surface area contributed by atoms with Crippen molar-refractivity contribution in [3.8, 4) is 0 Å². The Bertz CT molecular complexity index is 647. The van der Waals surface area contributed by atoms with Crippen LogP contribution in [-0.2, 0) is 22.5 Å². The Hall–Kier alpha value is -1.88. The van der Waals surface area contributed by atoms with Crippen LogP contribution in [0.4, 0.5) is 4.39 Å².